The van der Waals surface area contributed by atoms with Crippen LogP contribution in [0.5, 0.6) is 5.75 Å². The number of aromatic nitrogens is 3. The molecule has 3 N–H and O–H groups in total. The Labute approximate surface area is 160 Å². The van der Waals surface area contributed by atoms with Gasteiger partial charge in [-0.3, -0.25) is 4.79 Å². The molecule has 0 aliphatic carbocycles. The van der Waals surface area contributed by atoms with E-state index in [1.54, 1.807) is 16.0 Å². The molecule has 7 nitrogen and oxygen atoms in total. The molecule has 0 fully saturated rings. The van der Waals surface area contributed by atoms with Crippen LogP contribution in [0, 0.1) is 0 Å². The van der Waals surface area contributed by atoms with Gasteiger partial charge in [0.2, 0.25) is 11.9 Å². The number of rotatable bonds is 5. The summed E-state index contributed by atoms with van der Waals surface area (Å²) in [6.07, 6.45) is 0. The average molecular weight is 381 g/mol. The van der Waals surface area contributed by atoms with Crippen molar-refractivity contribution in [3.63, 3.8) is 0 Å². The van der Waals surface area contributed by atoms with Gasteiger partial charge in [0.25, 0.3) is 0 Å². The highest BCUT2D eigenvalue weighted by molar-refractivity contribution is 7.13. The molecule has 3 aromatic rings. The number of nitrogens with one attached hydrogen (secondary N) is 1. The maximum absolute atomic E-state index is 12.3. The van der Waals surface area contributed by atoms with E-state index in [1.807, 2.05) is 55.6 Å². The van der Waals surface area contributed by atoms with E-state index >= 15 is 0 Å². The highest BCUT2D eigenvalue weighted by Crippen LogP contribution is 2.39. The van der Waals surface area contributed by atoms with Crippen LogP contribution in [0.2, 0.25) is 0 Å². The average Bonchev–Trinajstić information content (AvgIpc) is 3.30. The molecule has 2 aromatic heterocycles. The number of hydrogen-bond donors (Lipinski definition) is 2. The highest BCUT2D eigenvalue weighted by Gasteiger charge is 2.35. The second kappa shape index (κ2) is 6.88. The van der Waals surface area contributed by atoms with E-state index in [-0.39, 0.29) is 0 Å². The monoisotopic (exact) mass is 381 g/mol. The molecule has 27 heavy (non-hydrogen) atoms. The molecule has 0 radical (unpaired) electrons. The van der Waals surface area contributed by atoms with Gasteiger partial charge in [0.05, 0.1) is 17.1 Å². The molecule has 138 valence electrons. The van der Waals surface area contributed by atoms with Crippen molar-refractivity contribution in [3.05, 3.63) is 58.6 Å². The molecule has 8 heteroatoms. The molecule has 1 atom stereocenters. The van der Waals surface area contributed by atoms with Crippen molar-refractivity contribution < 1.29 is 9.53 Å². The van der Waals surface area contributed by atoms with Gasteiger partial charge in [0, 0.05) is 11.3 Å². The molecule has 0 bridgehead atoms. The molecule has 1 unspecified atom stereocenters. The summed E-state index contributed by atoms with van der Waals surface area (Å²) in [7, 11) is 0. The number of allylic oxidation sites excluding steroid dienone is 1. The fourth-order valence-corrected chi connectivity index (χ4v) is 3.91. The minimum Gasteiger partial charge on any atom is -0.494 e. The van der Waals surface area contributed by atoms with Crippen molar-refractivity contribution in [2.24, 2.45) is 5.73 Å². The number of nitrogens with zero attached hydrogens (tertiary/aromatic N) is 3. The van der Waals surface area contributed by atoms with Crippen LogP contribution in [0.25, 0.3) is 10.7 Å². The van der Waals surface area contributed by atoms with Crippen molar-refractivity contribution in [2.75, 3.05) is 11.9 Å². The number of para-hydroxylation sites is 1. The van der Waals surface area contributed by atoms with Gasteiger partial charge >= 0.3 is 0 Å². The summed E-state index contributed by atoms with van der Waals surface area (Å²) in [5, 5.41) is 9.81. The van der Waals surface area contributed by atoms with Crippen LogP contribution in [-0.2, 0) is 4.79 Å². The predicted molar refractivity (Wildman–Crippen MR) is 105 cm³/mol. The first-order valence-corrected chi connectivity index (χ1v) is 9.47. The number of ether oxygens (including phenoxy) is 1. The molecule has 1 aliphatic heterocycles. The Morgan fingerprint density at radius 3 is 2.85 bits per heavy atom. The van der Waals surface area contributed by atoms with E-state index in [0.717, 1.165) is 10.4 Å². The van der Waals surface area contributed by atoms with Crippen molar-refractivity contribution in [1.82, 2.24) is 14.8 Å². The molecular weight excluding hydrogens is 362 g/mol. The Morgan fingerprint density at radius 2 is 2.15 bits per heavy atom. The van der Waals surface area contributed by atoms with E-state index < -0.39 is 11.9 Å². The zero-order chi connectivity index (χ0) is 19.0. The Morgan fingerprint density at radius 1 is 1.33 bits per heavy atom. The number of primary amides is 1. The van der Waals surface area contributed by atoms with E-state index in [9.17, 15) is 4.79 Å². The van der Waals surface area contributed by atoms with Crippen LogP contribution in [0.1, 0.15) is 25.5 Å². The van der Waals surface area contributed by atoms with Gasteiger partial charge in [-0.05, 0) is 31.4 Å². The molecule has 3 heterocycles. The number of fused-ring (bicyclic) bond motifs is 1. The number of amides is 1. The number of benzene rings is 1. The lowest BCUT2D eigenvalue weighted by Gasteiger charge is -2.28. The quantitative estimate of drug-likeness (QED) is 0.708. The smallest absolute Gasteiger partial charge is 0.248 e. The van der Waals surface area contributed by atoms with Crippen LogP contribution >= 0.6 is 11.3 Å². The van der Waals surface area contributed by atoms with Gasteiger partial charge in [-0.2, -0.15) is 4.98 Å². The van der Waals surface area contributed by atoms with Crippen LogP contribution in [0.15, 0.2) is 53.0 Å². The molecule has 1 amide bonds. The summed E-state index contributed by atoms with van der Waals surface area (Å²) < 4.78 is 7.50. The Bertz CT molecular complexity index is 1020. The normalized spacial score (nSPS) is 16.0. The zero-order valence-corrected chi connectivity index (χ0v) is 15.8. The fourth-order valence-electron chi connectivity index (χ4n) is 3.26. The van der Waals surface area contributed by atoms with Gasteiger partial charge in [-0.25, -0.2) is 4.68 Å². The van der Waals surface area contributed by atoms with Crippen LogP contribution < -0.4 is 15.8 Å². The van der Waals surface area contributed by atoms with Crippen LogP contribution in [0.3, 0.4) is 0 Å². The number of carbonyl (C=O) groups is 1. The zero-order valence-electron chi connectivity index (χ0n) is 15.0. The number of nitrogens with two attached hydrogens (primary N) is 1. The lowest BCUT2D eigenvalue weighted by atomic mass is 9.94. The first kappa shape index (κ1) is 17.3. The van der Waals surface area contributed by atoms with Crippen molar-refractivity contribution in [2.45, 2.75) is 19.9 Å². The molecule has 0 saturated carbocycles. The lowest BCUT2D eigenvalue weighted by Crippen LogP contribution is -2.32. The Hall–Kier alpha value is -3.13. The summed E-state index contributed by atoms with van der Waals surface area (Å²) in [4.78, 5) is 17.9. The maximum Gasteiger partial charge on any atom is 0.248 e. The van der Waals surface area contributed by atoms with Gasteiger partial charge in [0.1, 0.15) is 11.8 Å². The molecule has 1 aliphatic rings. The molecule has 1 aromatic carbocycles. The molecular formula is C19H19N5O2S. The van der Waals surface area contributed by atoms with Gasteiger partial charge < -0.3 is 15.8 Å². The summed E-state index contributed by atoms with van der Waals surface area (Å²) in [6.45, 7) is 4.26. The first-order valence-electron chi connectivity index (χ1n) is 8.60. The second-order valence-corrected chi connectivity index (χ2v) is 7.03. The Kier molecular flexibility index (Phi) is 4.41. The number of thiophene rings is 1. The predicted octanol–water partition coefficient (Wildman–Crippen LogP) is 3.18. The third kappa shape index (κ3) is 2.97. The minimum absolute atomic E-state index is 0.442. The fraction of sp³-hybridized carbons (Fsp3) is 0.211. The lowest BCUT2D eigenvalue weighted by molar-refractivity contribution is -0.115. The van der Waals surface area contributed by atoms with Gasteiger partial charge in [-0.1, -0.05) is 24.3 Å². The third-order valence-corrected chi connectivity index (χ3v) is 5.24. The van der Waals surface area contributed by atoms with Crippen LogP contribution in [-0.4, -0.2) is 27.3 Å². The van der Waals surface area contributed by atoms with Crippen molar-refractivity contribution >= 4 is 23.2 Å². The maximum atomic E-state index is 12.3. The second-order valence-electron chi connectivity index (χ2n) is 6.08. The van der Waals surface area contributed by atoms with E-state index in [4.69, 9.17) is 10.5 Å². The molecule has 4 rings (SSSR count). The van der Waals surface area contributed by atoms with E-state index in [0.29, 0.717) is 35.4 Å². The summed E-state index contributed by atoms with van der Waals surface area (Å²) in [5.74, 6) is 1.36. The Balaban J connectivity index is 1.91. The number of anilines is 1. The van der Waals surface area contributed by atoms with Gasteiger partial charge in [0.15, 0.2) is 5.82 Å². The topological polar surface area (TPSA) is 95.1 Å². The summed E-state index contributed by atoms with van der Waals surface area (Å²) in [5.41, 5.74) is 7.65. The molecule has 0 spiro atoms. The first-order chi connectivity index (χ1) is 13.1. The molecule has 0 saturated heterocycles. The summed E-state index contributed by atoms with van der Waals surface area (Å²) >= 11 is 1.56. The van der Waals surface area contributed by atoms with E-state index in [1.165, 1.54) is 0 Å². The number of carbonyl (C=O) groups excluding carboxylic acids is 1. The standard InChI is InChI=1S/C19H19N5O2S/c1-3-26-13-8-5-4-7-12(13)16-15(17(20)25)11(2)21-19-22-18(23-24(16)19)14-9-6-10-27-14/h4-10,16H,3H2,1-2H3,(H2,20,25)(H,21,22,23). The van der Waals surface area contributed by atoms with Crippen LogP contribution in [0.4, 0.5) is 5.95 Å². The van der Waals surface area contributed by atoms with Gasteiger partial charge in [-0.15, -0.1) is 16.4 Å². The largest absolute Gasteiger partial charge is 0.494 e. The highest BCUT2D eigenvalue weighted by atomic mass is 32.1. The minimum atomic E-state index is -0.511. The van der Waals surface area contributed by atoms with Crippen molar-refractivity contribution in [3.8, 4) is 16.5 Å². The van der Waals surface area contributed by atoms with Crippen molar-refractivity contribution in [1.29, 1.82) is 0 Å². The summed E-state index contributed by atoms with van der Waals surface area (Å²) in [6, 6.07) is 11.0. The third-order valence-electron chi connectivity index (χ3n) is 4.37. The number of hydrogen-bond acceptors (Lipinski definition) is 6. The SMILES string of the molecule is CCOc1ccccc1C1C(C(N)=O)=C(C)Nc2nc(-c3cccs3)nn21. The van der Waals surface area contributed by atoms with E-state index in [2.05, 4.69) is 15.4 Å².